The first-order valence-corrected chi connectivity index (χ1v) is 9.52. The van der Waals surface area contributed by atoms with E-state index in [-0.39, 0.29) is 0 Å². The van der Waals surface area contributed by atoms with Gasteiger partial charge in [-0.3, -0.25) is 0 Å². The van der Waals surface area contributed by atoms with Crippen LogP contribution in [0.1, 0.15) is 54.0 Å². The van der Waals surface area contributed by atoms with Crippen molar-refractivity contribution in [1.82, 2.24) is 15.0 Å². The number of pyridine rings is 1. The first-order chi connectivity index (χ1) is 12.2. The summed E-state index contributed by atoms with van der Waals surface area (Å²) in [6.07, 6.45) is 7.17. The molecule has 5 nitrogen and oxygen atoms in total. The summed E-state index contributed by atoms with van der Waals surface area (Å²) in [6.45, 7) is 7.06. The predicted molar refractivity (Wildman–Crippen MR) is 101 cm³/mol. The highest BCUT2D eigenvalue weighted by Crippen LogP contribution is 2.27. The smallest absolute Gasteiger partial charge is 0.133 e. The van der Waals surface area contributed by atoms with Gasteiger partial charge in [0.25, 0.3) is 0 Å². The van der Waals surface area contributed by atoms with E-state index in [2.05, 4.69) is 34.3 Å². The number of fused-ring (bicyclic) bond motifs is 1. The molecule has 2 aromatic heterocycles. The van der Waals surface area contributed by atoms with Crippen LogP contribution in [0.3, 0.4) is 0 Å². The van der Waals surface area contributed by atoms with Crippen molar-refractivity contribution in [3.05, 3.63) is 40.5 Å². The van der Waals surface area contributed by atoms with Crippen molar-refractivity contribution in [2.45, 2.75) is 58.9 Å². The molecule has 0 atom stereocenters. The molecule has 1 aliphatic carbocycles. The zero-order valence-corrected chi connectivity index (χ0v) is 15.3. The summed E-state index contributed by atoms with van der Waals surface area (Å²) in [5.74, 6) is 3.03. The van der Waals surface area contributed by atoms with Gasteiger partial charge in [0.15, 0.2) is 0 Å². The van der Waals surface area contributed by atoms with Crippen LogP contribution in [0, 0.1) is 13.8 Å². The SMILES string of the molecule is Cc1ccc(CNc2nc(C)nc3c2CCCC3)c(N2CCCC2)n1. The molecule has 25 heavy (non-hydrogen) atoms. The van der Waals surface area contributed by atoms with Crippen molar-refractivity contribution in [2.24, 2.45) is 0 Å². The van der Waals surface area contributed by atoms with Crippen molar-refractivity contribution in [3.63, 3.8) is 0 Å². The summed E-state index contributed by atoms with van der Waals surface area (Å²) in [5, 5.41) is 3.60. The largest absolute Gasteiger partial charge is 0.366 e. The molecule has 0 bridgehead atoms. The Kier molecular flexibility index (Phi) is 4.55. The van der Waals surface area contributed by atoms with Gasteiger partial charge in [0.05, 0.1) is 0 Å². The maximum atomic E-state index is 4.83. The summed E-state index contributed by atoms with van der Waals surface area (Å²) in [4.78, 5) is 16.6. The van der Waals surface area contributed by atoms with Gasteiger partial charge >= 0.3 is 0 Å². The Labute approximate surface area is 149 Å². The van der Waals surface area contributed by atoms with Crippen molar-refractivity contribution >= 4 is 11.6 Å². The van der Waals surface area contributed by atoms with E-state index in [4.69, 9.17) is 9.97 Å². The second-order valence-corrected chi connectivity index (χ2v) is 7.23. The van der Waals surface area contributed by atoms with Gasteiger partial charge in [-0.1, -0.05) is 6.07 Å². The van der Waals surface area contributed by atoms with E-state index < -0.39 is 0 Å². The lowest BCUT2D eigenvalue weighted by Crippen LogP contribution is -2.22. The fourth-order valence-corrected chi connectivity index (χ4v) is 3.96. The molecule has 1 aliphatic heterocycles. The molecule has 0 amide bonds. The highest BCUT2D eigenvalue weighted by Gasteiger charge is 2.19. The Bertz CT molecular complexity index is 765. The number of rotatable bonds is 4. The van der Waals surface area contributed by atoms with E-state index in [9.17, 15) is 0 Å². The predicted octanol–water partition coefficient (Wildman–Crippen LogP) is 3.58. The van der Waals surface area contributed by atoms with Crippen LogP contribution >= 0.6 is 0 Å². The molecule has 2 aromatic rings. The minimum Gasteiger partial charge on any atom is -0.366 e. The van der Waals surface area contributed by atoms with E-state index >= 15 is 0 Å². The van der Waals surface area contributed by atoms with Gasteiger partial charge in [0, 0.05) is 42.1 Å². The zero-order valence-electron chi connectivity index (χ0n) is 15.3. The van der Waals surface area contributed by atoms with Crippen LogP contribution in [0.2, 0.25) is 0 Å². The summed E-state index contributed by atoms with van der Waals surface area (Å²) in [7, 11) is 0. The summed E-state index contributed by atoms with van der Waals surface area (Å²) >= 11 is 0. The Morgan fingerprint density at radius 2 is 1.76 bits per heavy atom. The van der Waals surface area contributed by atoms with Gasteiger partial charge in [0.1, 0.15) is 17.5 Å². The number of aromatic nitrogens is 3. The Balaban J connectivity index is 1.59. The zero-order chi connectivity index (χ0) is 17.2. The fourth-order valence-electron chi connectivity index (χ4n) is 3.96. The molecule has 5 heteroatoms. The number of aryl methyl sites for hydroxylation is 3. The maximum absolute atomic E-state index is 4.83. The third-order valence-corrected chi connectivity index (χ3v) is 5.24. The van der Waals surface area contributed by atoms with Crippen molar-refractivity contribution in [3.8, 4) is 0 Å². The second kappa shape index (κ2) is 6.98. The quantitative estimate of drug-likeness (QED) is 0.924. The topological polar surface area (TPSA) is 53.9 Å². The summed E-state index contributed by atoms with van der Waals surface area (Å²) in [5.41, 5.74) is 4.90. The van der Waals surface area contributed by atoms with Gasteiger partial charge in [-0.25, -0.2) is 15.0 Å². The van der Waals surface area contributed by atoms with Gasteiger partial charge in [-0.15, -0.1) is 0 Å². The average Bonchev–Trinajstić information content (AvgIpc) is 3.14. The molecule has 0 unspecified atom stereocenters. The first kappa shape index (κ1) is 16.3. The molecule has 0 radical (unpaired) electrons. The van der Waals surface area contributed by atoms with Gasteiger partial charge in [-0.05, 0) is 58.4 Å². The molecule has 132 valence electrons. The van der Waals surface area contributed by atoms with Crippen LogP contribution in [0.15, 0.2) is 12.1 Å². The van der Waals surface area contributed by atoms with E-state index in [1.807, 2.05) is 6.92 Å². The molecule has 3 heterocycles. The van der Waals surface area contributed by atoms with Crippen molar-refractivity contribution in [1.29, 1.82) is 0 Å². The lowest BCUT2D eigenvalue weighted by Gasteiger charge is -2.22. The maximum Gasteiger partial charge on any atom is 0.133 e. The second-order valence-electron chi connectivity index (χ2n) is 7.23. The standard InChI is InChI=1S/C20H27N5/c1-14-9-10-16(20(22-14)25-11-5-6-12-25)13-21-19-17-7-3-4-8-18(17)23-15(2)24-19/h9-10H,3-8,11-13H2,1-2H3,(H,21,23,24). The van der Waals surface area contributed by atoms with Gasteiger partial charge in [-0.2, -0.15) is 0 Å². The number of hydrogen-bond acceptors (Lipinski definition) is 5. The van der Waals surface area contributed by atoms with Crippen LogP contribution in [-0.2, 0) is 19.4 Å². The molecule has 4 rings (SSSR count). The van der Waals surface area contributed by atoms with Crippen molar-refractivity contribution < 1.29 is 0 Å². The average molecular weight is 337 g/mol. The molecule has 1 N–H and O–H groups in total. The Morgan fingerprint density at radius 3 is 2.60 bits per heavy atom. The van der Waals surface area contributed by atoms with Crippen LogP contribution < -0.4 is 10.2 Å². The van der Waals surface area contributed by atoms with Crippen LogP contribution in [0.5, 0.6) is 0 Å². The van der Waals surface area contributed by atoms with Gasteiger partial charge < -0.3 is 10.2 Å². The minimum atomic E-state index is 0.766. The number of anilines is 2. The first-order valence-electron chi connectivity index (χ1n) is 9.52. The fraction of sp³-hybridized carbons (Fsp3) is 0.550. The molecule has 0 saturated carbocycles. The van der Waals surface area contributed by atoms with E-state index in [1.54, 1.807) is 0 Å². The molecule has 2 aliphatic rings. The molecular weight excluding hydrogens is 310 g/mol. The summed E-state index contributed by atoms with van der Waals surface area (Å²) in [6, 6.07) is 4.32. The van der Waals surface area contributed by atoms with Crippen LogP contribution in [0.4, 0.5) is 11.6 Å². The molecule has 0 spiro atoms. The van der Waals surface area contributed by atoms with Crippen LogP contribution in [-0.4, -0.2) is 28.0 Å². The highest BCUT2D eigenvalue weighted by atomic mass is 15.2. The molecule has 1 saturated heterocycles. The highest BCUT2D eigenvalue weighted by molar-refractivity contribution is 5.53. The summed E-state index contributed by atoms with van der Waals surface area (Å²) < 4.78 is 0. The van der Waals surface area contributed by atoms with E-state index in [0.717, 1.165) is 55.6 Å². The van der Waals surface area contributed by atoms with Crippen LogP contribution in [0.25, 0.3) is 0 Å². The third kappa shape index (κ3) is 3.46. The number of hydrogen-bond donors (Lipinski definition) is 1. The number of nitrogens with one attached hydrogen (secondary N) is 1. The number of nitrogens with zero attached hydrogens (tertiary/aromatic N) is 4. The third-order valence-electron chi connectivity index (χ3n) is 5.24. The minimum absolute atomic E-state index is 0.766. The van der Waals surface area contributed by atoms with Crippen molar-refractivity contribution in [2.75, 3.05) is 23.3 Å². The monoisotopic (exact) mass is 337 g/mol. The Hall–Kier alpha value is -2.17. The normalized spacial score (nSPS) is 16.8. The lowest BCUT2D eigenvalue weighted by atomic mass is 9.96. The lowest BCUT2D eigenvalue weighted by molar-refractivity contribution is 0.659. The molecular formula is C20H27N5. The molecule has 1 fully saturated rings. The Morgan fingerprint density at radius 1 is 0.960 bits per heavy atom. The van der Waals surface area contributed by atoms with E-state index in [0.29, 0.717) is 0 Å². The van der Waals surface area contributed by atoms with E-state index in [1.165, 1.54) is 42.5 Å². The van der Waals surface area contributed by atoms with Gasteiger partial charge in [0.2, 0.25) is 0 Å². The molecule has 0 aromatic carbocycles.